The Balaban J connectivity index is 1.13. The van der Waals surface area contributed by atoms with Crippen LogP contribution in [0.25, 0.3) is 65.7 Å². The molecule has 0 bridgehead atoms. The van der Waals surface area contributed by atoms with Crippen LogP contribution in [0.15, 0.2) is 176 Å². The van der Waals surface area contributed by atoms with Gasteiger partial charge in [0.15, 0.2) is 0 Å². The van der Waals surface area contributed by atoms with Gasteiger partial charge in [-0.2, -0.15) is 0 Å². The van der Waals surface area contributed by atoms with Crippen LogP contribution in [0.3, 0.4) is 0 Å². The van der Waals surface area contributed by atoms with Crippen LogP contribution in [-0.4, -0.2) is 6.71 Å². The van der Waals surface area contributed by atoms with E-state index in [4.69, 9.17) is 9.47 Å². The Labute approximate surface area is 296 Å². The summed E-state index contributed by atoms with van der Waals surface area (Å²) in [6.45, 7) is 0.0243. The topological polar surface area (TPSA) is 18.5 Å². The zero-order valence-corrected chi connectivity index (χ0v) is 27.6. The number of hydrogen-bond acceptors (Lipinski definition) is 2. The van der Waals surface area contributed by atoms with Crippen LogP contribution in [0.2, 0.25) is 0 Å². The summed E-state index contributed by atoms with van der Waals surface area (Å²) in [5, 5.41) is 7.49. The van der Waals surface area contributed by atoms with Crippen molar-refractivity contribution in [2.75, 3.05) is 0 Å². The lowest BCUT2D eigenvalue weighted by atomic mass is 9.35. The number of ether oxygens (including phenoxy) is 2. The van der Waals surface area contributed by atoms with Gasteiger partial charge in [-0.25, -0.2) is 0 Å². The van der Waals surface area contributed by atoms with Crippen LogP contribution < -0.4 is 25.9 Å². The Hall–Kier alpha value is -6.58. The van der Waals surface area contributed by atoms with Crippen molar-refractivity contribution < 1.29 is 9.47 Å². The molecule has 51 heavy (non-hydrogen) atoms. The molecule has 2 aliphatic heterocycles. The molecule has 0 radical (unpaired) electrons. The van der Waals surface area contributed by atoms with Gasteiger partial charge in [-0.05, 0) is 101 Å². The van der Waals surface area contributed by atoms with Gasteiger partial charge in [-0.15, -0.1) is 0 Å². The van der Waals surface area contributed by atoms with Crippen molar-refractivity contribution in [3.63, 3.8) is 0 Å². The molecule has 9 aromatic carbocycles. The summed E-state index contributed by atoms with van der Waals surface area (Å²) in [5.74, 6) is 3.51. The lowest BCUT2D eigenvalue weighted by Crippen LogP contribution is -2.57. The average Bonchev–Trinajstić information content (AvgIpc) is 3.19. The first-order valence-corrected chi connectivity index (χ1v) is 17.5. The Morgan fingerprint density at radius 1 is 0.314 bits per heavy atom. The van der Waals surface area contributed by atoms with Gasteiger partial charge in [0, 0.05) is 5.46 Å². The van der Waals surface area contributed by atoms with E-state index in [-0.39, 0.29) is 6.71 Å². The second-order valence-corrected chi connectivity index (χ2v) is 13.5. The zero-order chi connectivity index (χ0) is 33.5. The summed E-state index contributed by atoms with van der Waals surface area (Å²) in [7, 11) is 0. The summed E-state index contributed by atoms with van der Waals surface area (Å²) in [4.78, 5) is 0. The summed E-state index contributed by atoms with van der Waals surface area (Å²) in [5.41, 5.74) is 10.8. The quantitative estimate of drug-likeness (QED) is 0.140. The van der Waals surface area contributed by atoms with Gasteiger partial charge in [0.1, 0.15) is 23.0 Å². The van der Waals surface area contributed by atoms with Gasteiger partial charge in [-0.3, -0.25) is 0 Å². The van der Waals surface area contributed by atoms with Gasteiger partial charge < -0.3 is 9.47 Å². The summed E-state index contributed by atoms with van der Waals surface area (Å²) in [6.07, 6.45) is 0. The smallest absolute Gasteiger partial charge is 0.260 e. The third kappa shape index (κ3) is 4.19. The van der Waals surface area contributed by atoms with Crippen molar-refractivity contribution >= 4 is 55.4 Å². The fourth-order valence-electron chi connectivity index (χ4n) is 8.65. The molecule has 0 amide bonds. The monoisotopic (exact) mass is 648 g/mol. The maximum absolute atomic E-state index is 6.54. The molecule has 0 saturated heterocycles. The molecule has 0 aromatic heterocycles. The van der Waals surface area contributed by atoms with E-state index in [2.05, 4.69) is 152 Å². The molecule has 0 spiro atoms. The number of benzene rings is 9. The summed E-state index contributed by atoms with van der Waals surface area (Å²) in [6, 6.07) is 63.3. The minimum absolute atomic E-state index is 0.0243. The molecule has 0 N–H and O–H groups in total. The van der Waals surface area contributed by atoms with Crippen molar-refractivity contribution in [3.05, 3.63) is 176 Å². The minimum atomic E-state index is 0.0243. The summed E-state index contributed by atoms with van der Waals surface area (Å²) >= 11 is 0. The highest BCUT2D eigenvalue weighted by atomic mass is 16.5. The highest BCUT2D eigenvalue weighted by Gasteiger charge is 2.40. The van der Waals surface area contributed by atoms with E-state index >= 15 is 0 Å². The molecule has 0 aliphatic carbocycles. The SMILES string of the molecule is c1ccc(-c2c3ccccc3c(-c3ccc(-c4ccc5c(c4)B4c6ccccc6Oc6cccc(c64)O5)c4ccccc34)c3ccccc23)cc1. The molecule has 2 nitrogen and oxygen atoms in total. The molecule has 2 heterocycles. The maximum Gasteiger partial charge on any atom is 0.260 e. The van der Waals surface area contributed by atoms with Gasteiger partial charge in [-0.1, -0.05) is 152 Å². The highest BCUT2D eigenvalue weighted by Crippen LogP contribution is 2.46. The lowest BCUT2D eigenvalue weighted by Gasteiger charge is -2.33. The Morgan fingerprint density at radius 3 is 1.51 bits per heavy atom. The zero-order valence-electron chi connectivity index (χ0n) is 27.6. The Bertz CT molecular complexity index is 2800. The fraction of sp³-hybridized carbons (Fsp3) is 0. The first-order valence-electron chi connectivity index (χ1n) is 17.5. The molecule has 11 rings (SSSR count). The van der Waals surface area contributed by atoms with E-state index in [9.17, 15) is 0 Å². The van der Waals surface area contributed by atoms with Crippen molar-refractivity contribution in [1.29, 1.82) is 0 Å². The van der Waals surface area contributed by atoms with Gasteiger partial charge >= 0.3 is 0 Å². The van der Waals surface area contributed by atoms with Crippen LogP contribution in [0.4, 0.5) is 0 Å². The van der Waals surface area contributed by atoms with Gasteiger partial charge in [0.25, 0.3) is 6.71 Å². The standard InChI is InChI=1S/C48H29BO2/c1-2-13-30(14-3-1)46-35-17-6-8-19-37(35)47(38-20-9-7-18-36(38)46)39-27-26-32(33-15-4-5-16-34(33)39)31-25-28-43-41(29-31)49-40-21-10-11-22-42(40)50-44-23-12-24-45(51-43)48(44)49/h1-29H. The molecule has 9 aromatic rings. The average molecular weight is 649 g/mol. The van der Waals surface area contributed by atoms with Crippen LogP contribution in [0, 0.1) is 0 Å². The number of hydrogen-bond donors (Lipinski definition) is 0. The van der Waals surface area contributed by atoms with E-state index in [1.54, 1.807) is 0 Å². The van der Waals surface area contributed by atoms with Crippen molar-refractivity contribution in [1.82, 2.24) is 0 Å². The molecule has 0 atom stereocenters. The van der Waals surface area contributed by atoms with Crippen LogP contribution in [-0.2, 0) is 0 Å². The Morgan fingerprint density at radius 2 is 0.824 bits per heavy atom. The number of rotatable bonds is 3. The largest absolute Gasteiger partial charge is 0.458 e. The molecule has 0 unspecified atom stereocenters. The minimum Gasteiger partial charge on any atom is -0.458 e. The van der Waals surface area contributed by atoms with E-state index < -0.39 is 0 Å². The first-order chi connectivity index (χ1) is 25.3. The molecule has 0 fully saturated rings. The number of para-hydroxylation sites is 1. The molecule has 0 saturated carbocycles. The van der Waals surface area contributed by atoms with E-state index in [1.165, 1.54) is 65.7 Å². The third-order valence-corrected chi connectivity index (χ3v) is 10.8. The van der Waals surface area contributed by atoms with Gasteiger partial charge in [0.2, 0.25) is 0 Å². The van der Waals surface area contributed by atoms with E-state index in [0.717, 1.165) is 39.4 Å². The summed E-state index contributed by atoms with van der Waals surface area (Å²) < 4.78 is 12.9. The molecule has 2 aliphatic rings. The van der Waals surface area contributed by atoms with E-state index in [1.807, 2.05) is 24.3 Å². The normalized spacial score (nSPS) is 12.6. The predicted molar refractivity (Wildman–Crippen MR) is 213 cm³/mol. The lowest BCUT2D eigenvalue weighted by molar-refractivity contribution is 0.464. The fourth-order valence-corrected chi connectivity index (χ4v) is 8.65. The van der Waals surface area contributed by atoms with Crippen LogP contribution >= 0.6 is 0 Å². The highest BCUT2D eigenvalue weighted by molar-refractivity contribution is 6.98. The third-order valence-electron chi connectivity index (χ3n) is 10.8. The molecule has 236 valence electrons. The van der Waals surface area contributed by atoms with Crippen LogP contribution in [0.1, 0.15) is 0 Å². The molecular formula is C48H29BO2. The van der Waals surface area contributed by atoms with Crippen molar-refractivity contribution in [3.8, 4) is 56.4 Å². The Kier molecular flexibility index (Phi) is 6.08. The van der Waals surface area contributed by atoms with Gasteiger partial charge in [0.05, 0.1) is 0 Å². The number of fused-ring (bicyclic) bond motifs is 7. The van der Waals surface area contributed by atoms with Crippen LogP contribution in [0.5, 0.6) is 23.0 Å². The van der Waals surface area contributed by atoms with E-state index in [0.29, 0.717) is 0 Å². The van der Waals surface area contributed by atoms with Crippen molar-refractivity contribution in [2.45, 2.75) is 0 Å². The molecular weight excluding hydrogens is 619 g/mol. The second kappa shape index (κ2) is 11.0. The molecule has 3 heteroatoms. The van der Waals surface area contributed by atoms with Crippen molar-refractivity contribution in [2.24, 2.45) is 0 Å². The first kappa shape index (κ1) is 28.3. The second-order valence-electron chi connectivity index (χ2n) is 13.5. The maximum atomic E-state index is 6.54. The predicted octanol–water partition coefficient (Wildman–Crippen LogP) is 10.9.